The maximum Gasteiger partial charge on any atom is 0.297 e. The molecule has 0 spiro atoms. The fraction of sp³-hybridized carbons (Fsp3) is 0.176. The summed E-state index contributed by atoms with van der Waals surface area (Å²) in [6, 6.07) is 12.3. The van der Waals surface area contributed by atoms with Crippen molar-refractivity contribution >= 4 is 21.8 Å². The van der Waals surface area contributed by atoms with Crippen molar-refractivity contribution in [1.82, 2.24) is 0 Å². The van der Waals surface area contributed by atoms with Crippen LogP contribution in [0, 0.1) is 6.92 Å². The third-order valence-corrected chi connectivity index (χ3v) is 4.89. The molecule has 22 heavy (non-hydrogen) atoms. The molecule has 2 aromatic rings. The summed E-state index contributed by atoms with van der Waals surface area (Å²) in [4.78, 5) is 0.170. The van der Waals surface area contributed by atoms with E-state index in [1.54, 1.807) is 31.4 Å². The van der Waals surface area contributed by atoms with Crippen LogP contribution in [0.2, 0.25) is 0 Å². The molecular weight excluding hydrogens is 300 g/mol. The van der Waals surface area contributed by atoms with E-state index < -0.39 is 10.1 Å². The number of aryl methyl sites for hydroxylation is 1. The topological polar surface area (TPSA) is 52.6 Å². The molecule has 0 amide bonds. The molecule has 1 aliphatic carbocycles. The van der Waals surface area contributed by atoms with Crippen LogP contribution in [0.5, 0.6) is 5.75 Å². The van der Waals surface area contributed by atoms with Crippen LogP contribution in [0.15, 0.2) is 47.4 Å². The standard InChI is InChI=1S/C17H16O4S/c1-12-3-7-16(8-4-12)22(18,19)21-11-14-9-13-5-6-15(20-2)10-17(13)14/h3-10H,11H2,1-2H3. The predicted molar refractivity (Wildman–Crippen MR) is 85.2 cm³/mol. The van der Waals surface area contributed by atoms with Crippen molar-refractivity contribution in [2.75, 3.05) is 13.7 Å². The Kier molecular flexibility index (Phi) is 3.76. The van der Waals surface area contributed by atoms with Crippen molar-refractivity contribution in [3.05, 3.63) is 59.2 Å². The Bertz CT molecular complexity index is 833. The lowest BCUT2D eigenvalue weighted by Crippen LogP contribution is -2.12. The minimum atomic E-state index is -3.74. The normalized spacial score (nSPS) is 13.1. The average molecular weight is 316 g/mol. The van der Waals surface area contributed by atoms with Gasteiger partial charge in [0.05, 0.1) is 18.6 Å². The van der Waals surface area contributed by atoms with Crippen molar-refractivity contribution in [1.29, 1.82) is 0 Å². The predicted octanol–water partition coefficient (Wildman–Crippen LogP) is 3.26. The Hall–Kier alpha value is -2.11. The van der Waals surface area contributed by atoms with Gasteiger partial charge in [0, 0.05) is 0 Å². The highest BCUT2D eigenvalue weighted by molar-refractivity contribution is 7.86. The van der Waals surface area contributed by atoms with E-state index in [2.05, 4.69) is 0 Å². The molecule has 0 heterocycles. The van der Waals surface area contributed by atoms with Crippen molar-refractivity contribution in [3.63, 3.8) is 0 Å². The lowest BCUT2D eigenvalue weighted by atomic mass is 9.89. The molecule has 1 aliphatic rings. The third kappa shape index (κ3) is 2.77. The van der Waals surface area contributed by atoms with Crippen LogP contribution in [0.3, 0.4) is 0 Å². The summed E-state index contributed by atoms with van der Waals surface area (Å²) >= 11 is 0. The molecule has 0 unspecified atom stereocenters. The van der Waals surface area contributed by atoms with Crippen molar-refractivity contribution in [2.24, 2.45) is 0 Å². The number of ether oxygens (including phenoxy) is 1. The van der Waals surface area contributed by atoms with Crippen LogP contribution in [-0.4, -0.2) is 22.1 Å². The van der Waals surface area contributed by atoms with E-state index in [-0.39, 0.29) is 11.5 Å². The molecular formula is C17H16O4S. The van der Waals surface area contributed by atoms with E-state index in [0.717, 1.165) is 28.0 Å². The highest BCUT2D eigenvalue weighted by Crippen LogP contribution is 2.35. The molecule has 0 bridgehead atoms. The first kappa shape index (κ1) is 14.8. The zero-order valence-electron chi connectivity index (χ0n) is 12.4. The molecule has 0 aromatic heterocycles. The number of methoxy groups -OCH3 is 1. The molecule has 0 saturated carbocycles. The molecule has 0 N–H and O–H groups in total. The van der Waals surface area contributed by atoms with Gasteiger partial charge in [-0.15, -0.1) is 0 Å². The summed E-state index contributed by atoms with van der Waals surface area (Å²) in [5.41, 5.74) is 3.89. The summed E-state index contributed by atoms with van der Waals surface area (Å²) in [6.07, 6.45) is 1.92. The molecule has 3 rings (SSSR count). The van der Waals surface area contributed by atoms with Crippen LogP contribution in [0.1, 0.15) is 16.7 Å². The van der Waals surface area contributed by atoms with Crippen LogP contribution >= 0.6 is 0 Å². The minimum Gasteiger partial charge on any atom is -0.497 e. The van der Waals surface area contributed by atoms with Gasteiger partial charge < -0.3 is 4.74 Å². The molecule has 2 aromatic carbocycles. The Morgan fingerprint density at radius 2 is 1.77 bits per heavy atom. The smallest absolute Gasteiger partial charge is 0.297 e. The Labute approximate surface area is 130 Å². The maximum atomic E-state index is 12.1. The third-order valence-electron chi connectivity index (χ3n) is 3.62. The van der Waals surface area contributed by atoms with Gasteiger partial charge in [-0.25, -0.2) is 0 Å². The molecule has 4 nitrogen and oxygen atoms in total. The summed E-state index contributed by atoms with van der Waals surface area (Å²) in [7, 11) is -2.14. The van der Waals surface area contributed by atoms with Gasteiger partial charge in [-0.1, -0.05) is 23.8 Å². The lowest BCUT2D eigenvalue weighted by Gasteiger charge is -2.20. The molecule has 0 saturated heterocycles. The highest BCUT2D eigenvalue weighted by Gasteiger charge is 2.21. The largest absolute Gasteiger partial charge is 0.497 e. The van der Waals surface area contributed by atoms with Crippen LogP contribution < -0.4 is 4.74 Å². The first-order valence-corrected chi connectivity index (χ1v) is 8.25. The second-order valence-corrected chi connectivity index (χ2v) is 6.77. The Morgan fingerprint density at radius 3 is 2.45 bits per heavy atom. The molecule has 0 radical (unpaired) electrons. The van der Waals surface area contributed by atoms with Crippen LogP contribution in [-0.2, 0) is 14.3 Å². The molecule has 0 aliphatic heterocycles. The zero-order valence-corrected chi connectivity index (χ0v) is 13.2. The van der Waals surface area contributed by atoms with Crippen molar-refractivity contribution in [3.8, 4) is 5.75 Å². The van der Waals surface area contributed by atoms with Gasteiger partial charge >= 0.3 is 0 Å². The highest BCUT2D eigenvalue weighted by atomic mass is 32.2. The number of hydrogen-bond acceptors (Lipinski definition) is 4. The average Bonchev–Trinajstić information content (AvgIpc) is 2.48. The van der Waals surface area contributed by atoms with Gasteiger partial charge in [-0.2, -0.15) is 8.42 Å². The van der Waals surface area contributed by atoms with Gasteiger partial charge in [-0.05, 0) is 54.0 Å². The van der Waals surface area contributed by atoms with E-state index in [1.807, 2.05) is 31.2 Å². The second-order valence-electron chi connectivity index (χ2n) is 5.15. The van der Waals surface area contributed by atoms with E-state index in [1.165, 1.54) is 0 Å². The fourth-order valence-corrected chi connectivity index (χ4v) is 3.18. The summed E-state index contributed by atoms with van der Waals surface area (Å²) in [5.74, 6) is 0.741. The number of rotatable bonds is 5. The molecule has 0 atom stereocenters. The van der Waals surface area contributed by atoms with E-state index in [0.29, 0.717) is 0 Å². The van der Waals surface area contributed by atoms with Crippen molar-refractivity contribution < 1.29 is 17.3 Å². The van der Waals surface area contributed by atoms with Crippen LogP contribution in [0.4, 0.5) is 0 Å². The van der Waals surface area contributed by atoms with Gasteiger partial charge in [0.15, 0.2) is 0 Å². The Balaban J connectivity index is 1.72. The van der Waals surface area contributed by atoms with Gasteiger partial charge in [0.25, 0.3) is 10.1 Å². The lowest BCUT2D eigenvalue weighted by molar-refractivity contribution is 0.362. The summed E-state index contributed by atoms with van der Waals surface area (Å²) in [6.45, 7) is 1.93. The first-order valence-electron chi connectivity index (χ1n) is 6.85. The molecule has 0 fully saturated rings. The number of hydrogen-bond donors (Lipinski definition) is 0. The minimum absolute atomic E-state index is 0.0242. The summed E-state index contributed by atoms with van der Waals surface area (Å²) in [5, 5.41) is 0. The number of benzene rings is 2. The molecule has 114 valence electrons. The maximum absolute atomic E-state index is 12.1. The van der Waals surface area contributed by atoms with E-state index in [4.69, 9.17) is 8.92 Å². The number of fused-ring (bicyclic) bond motifs is 1. The van der Waals surface area contributed by atoms with E-state index >= 15 is 0 Å². The fourth-order valence-electron chi connectivity index (χ4n) is 2.29. The van der Waals surface area contributed by atoms with E-state index in [9.17, 15) is 8.42 Å². The van der Waals surface area contributed by atoms with Gasteiger partial charge in [0.2, 0.25) is 0 Å². The second kappa shape index (κ2) is 5.59. The van der Waals surface area contributed by atoms with Crippen molar-refractivity contribution in [2.45, 2.75) is 11.8 Å². The zero-order chi connectivity index (χ0) is 15.7. The monoisotopic (exact) mass is 316 g/mol. The molecule has 5 heteroatoms. The van der Waals surface area contributed by atoms with Gasteiger partial charge in [-0.3, -0.25) is 4.18 Å². The first-order chi connectivity index (χ1) is 10.5. The quantitative estimate of drug-likeness (QED) is 0.795. The summed E-state index contributed by atoms with van der Waals surface area (Å²) < 4.78 is 34.6. The Morgan fingerprint density at radius 1 is 1.05 bits per heavy atom. The van der Waals surface area contributed by atoms with Crippen LogP contribution in [0.25, 0.3) is 11.6 Å². The van der Waals surface area contributed by atoms with Gasteiger partial charge in [0.1, 0.15) is 5.75 Å². The SMILES string of the molecule is COc1ccc2c(c1)C(COS(=O)(=O)c1ccc(C)cc1)=C2.